The van der Waals surface area contributed by atoms with Crippen LogP contribution in [0.2, 0.25) is 0 Å². The second-order valence-electron chi connectivity index (χ2n) is 6.74. The molecule has 8 heteroatoms. The summed E-state index contributed by atoms with van der Waals surface area (Å²) < 4.78 is 38.3. The molecule has 0 bridgehead atoms. The number of aryl methyl sites for hydroxylation is 1. The fraction of sp³-hybridized carbons (Fsp3) is 0.381. The zero-order valence-corrected chi connectivity index (χ0v) is 18.4. The predicted molar refractivity (Wildman–Crippen MR) is 118 cm³/mol. The number of nitrogens with zero attached hydrogens (tertiary/aromatic N) is 1. The molecule has 0 saturated heterocycles. The van der Waals surface area contributed by atoms with Crippen molar-refractivity contribution in [1.29, 1.82) is 0 Å². The van der Waals surface area contributed by atoms with E-state index in [1.54, 1.807) is 11.8 Å². The first kappa shape index (κ1) is 23.2. The van der Waals surface area contributed by atoms with Crippen LogP contribution < -0.4 is 9.62 Å². The predicted octanol–water partition coefficient (Wildman–Crippen LogP) is 3.73. The third-order valence-corrected chi connectivity index (χ3v) is 6.57. The molecule has 2 aromatic rings. The molecule has 2 rings (SSSR count). The maximum Gasteiger partial charge on any atom is 0.232 e. The Labute approximate surface area is 176 Å². The minimum atomic E-state index is -3.51. The highest BCUT2D eigenvalue weighted by molar-refractivity contribution is 7.98. The fourth-order valence-corrected chi connectivity index (χ4v) is 4.68. The number of carbonyl (C=O) groups excluding carboxylic acids is 1. The Morgan fingerprint density at radius 2 is 1.83 bits per heavy atom. The van der Waals surface area contributed by atoms with Crippen molar-refractivity contribution in [3.8, 4) is 0 Å². The quantitative estimate of drug-likeness (QED) is 0.543. The standard InChI is InChI=1S/C21H27FN2O3S2/c1-17-6-3-4-7-18(17)16-28-15-13-23-21(25)8-5-14-24(29(2,26)27)20-11-9-19(22)10-12-20/h3-4,6-7,9-12H,5,8,13-16H2,1-2H3,(H,23,25). The monoisotopic (exact) mass is 438 g/mol. The molecule has 0 atom stereocenters. The highest BCUT2D eigenvalue weighted by Gasteiger charge is 2.17. The van der Waals surface area contributed by atoms with Crippen LogP contribution in [0.15, 0.2) is 48.5 Å². The summed E-state index contributed by atoms with van der Waals surface area (Å²) in [5, 5.41) is 2.87. The van der Waals surface area contributed by atoms with Crippen molar-refractivity contribution in [2.24, 2.45) is 0 Å². The number of thioether (sulfide) groups is 1. The lowest BCUT2D eigenvalue weighted by molar-refractivity contribution is -0.121. The molecule has 0 saturated carbocycles. The van der Waals surface area contributed by atoms with E-state index in [4.69, 9.17) is 0 Å². The van der Waals surface area contributed by atoms with E-state index in [1.165, 1.54) is 39.7 Å². The molecule has 5 nitrogen and oxygen atoms in total. The number of nitrogens with one attached hydrogen (secondary N) is 1. The summed E-state index contributed by atoms with van der Waals surface area (Å²) in [5.74, 6) is 1.19. The molecule has 29 heavy (non-hydrogen) atoms. The maximum atomic E-state index is 13.1. The SMILES string of the molecule is Cc1ccccc1CSCCNC(=O)CCCN(c1ccc(F)cc1)S(C)(=O)=O. The average molecular weight is 439 g/mol. The molecule has 1 amide bonds. The van der Waals surface area contributed by atoms with Gasteiger partial charge in [0.05, 0.1) is 11.9 Å². The third kappa shape index (κ3) is 8.06. The third-order valence-electron chi connectivity index (χ3n) is 4.37. The van der Waals surface area contributed by atoms with Gasteiger partial charge in [-0.2, -0.15) is 11.8 Å². The van der Waals surface area contributed by atoms with Gasteiger partial charge in [-0.15, -0.1) is 0 Å². The van der Waals surface area contributed by atoms with Gasteiger partial charge in [0.15, 0.2) is 0 Å². The van der Waals surface area contributed by atoms with Gasteiger partial charge in [-0.25, -0.2) is 12.8 Å². The zero-order chi connectivity index (χ0) is 21.3. The summed E-state index contributed by atoms with van der Waals surface area (Å²) in [6.07, 6.45) is 1.71. The largest absolute Gasteiger partial charge is 0.355 e. The van der Waals surface area contributed by atoms with E-state index in [-0.39, 0.29) is 18.9 Å². The van der Waals surface area contributed by atoms with Crippen molar-refractivity contribution in [3.63, 3.8) is 0 Å². The second-order valence-corrected chi connectivity index (χ2v) is 9.76. The molecule has 0 heterocycles. The number of sulfonamides is 1. The Balaban J connectivity index is 1.69. The Bertz CT molecular complexity index is 902. The normalized spacial score (nSPS) is 11.3. The number of amides is 1. The lowest BCUT2D eigenvalue weighted by atomic mass is 10.1. The number of halogens is 1. The second kappa shape index (κ2) is 11.2. The van der Waals surface area contributed by atoms with Crippen molar-refractivity contribution in [2.45, 2.75) is 25.5 Å². The molecular weight excluding hydrogens is 411 g/mol. The van der Waals surface area contributed by atoms with Crippen LogP contribution in [0.3, 0.4) is 0 Å². The van der Waals surface area contributed by atoms with Gasteiger partial charge in [-0.3, -0.25) is 9.10 Å². The summed E-state index contributed by atoms with van der Waals surface area (Å²) in [7, 11) is -3.51. The molecule has 1 N–H and O–H groups in total. The van der Waals surface area contributed by atoms with Crippen molar-refractivity contribution in [2.75, 3.05) is 29.4 Å². The zero-order valence-electron chi connectivity index (χ0n) is 16.7. The van der Waals surface area contributed by atoms with E-state index in [0.29, 0.717) is 18.7 Å². The van der Waals surface area contributed by atoms with Crippen LogP contribution in [0, 0.1) is 12.7 Å². The maximum absolute atomic E-state index is 13.1. The minimum Gasteiger partial charge on any atom is -0.355 e. The Morgan fingerprint density at radius 1 is 1.14 bits per heavy atom. The molecule has 0 fully saturated rings. The van der Waals surface area contributed by atoms with Crippen molar-refractivity contribution >= 4 is 33.4 Å². The molecule has 0 aliphatic carbocycles. The Morgan fingerprint density at radius 3 is 2.48 bits per heavy atom. The van der Waals surface area contributed by atoms with E-state index in [9.17, 15) is 17.6 Å². The first-order chi connectivity index (χ1) is 13.8. The van der Waals surface area contributed by atoms with Crippen LogP contribution in [0.1, 0.15) is 24.0 Å². The van der Waals surface area contributed by atoms with Crippen LogP contribution in [0.4, 0.5) is 10.1 Å². The average Bonchev–Trinajstić information content (AvgIpc) is 2.66. The summed E-state index contributed by atoms with van der Waals surface area (Å²) in [6, 6.07) is 13.5. The topological polar surface area (TPSA) is 66.5 Å². The summed E-state index contributed by atoms with van der Waals surface area (Å²) >= 11 is 1.76. The lowest BCUT2D eigenvalue weighted by Crippen LogP contribution is -2.32. The molecular formula is C21H27FN2O3S2. The number of carbonyl (C=O) groups is 1. The fourth-order valence-electron chi connectivity index (χ4n) is 2.78. The van der Waals surface area contributed by atoms with Gasteiger partial charge < -0.3 is 5.32 Å². The molecule has 2 aromatic carbocycles. The summed E-state index contributed by atoms with van der Waals surface area (Å²) in [5.41, 5.74) is 2.95. The van der Waals surface area contributed by atoms with Crippen LogP contribution in [0.25, 0.3) is 0 Å². The lowest BCUT2D eigenvalue weighted by Gasteiger charge is -2.22. The summed E-state index contributed by atoms with van der Waals surface area (Å²) in [4.78, 5) is 12.0. The summed E-state index contributed by atoms with van der Waals surface area (Å²) in [6.45, 7) is 2.83. The van der Waals surface area contributed by atoms with Gasteiger partial charge in [0, 0.05) is 31.0 Å². The molecule has 0 aliphatic rings. The van der Waals surface area contributed by atoms with Gasteiger partial charge in [-0.1, -0.05) is 24.3 Å². The highest BCUT2D eigenvalue weighted by atomic mass is 32.2. The van der Waals surface area contributed by atoms with E-state index >= 15 is 0 Å². The molecule has 0 spiro atoms. The first-order valence-electron chi connectivity index (χ1n) is 9.39. The van der Waals surface area contributed by atoms with E-state index in [2.05, 4.69) is 24.4 Å². The van der Waals surface area contributed by atoms with Crippen LogP contribution >= 0.6 is 11.8 Å². The number of rotatable bonds is 11. The minimum absolute atomic E-state index is 0.103. The molecule has 0 aliphatic heterocycles. The van der Waals surface area contributed by atoms with Gasteiger partial charge in [0.2, 0.25) is 15.9 Å². The molecule has 158 valence electrons. The number of hydrogen-bond donors (Lipinski definition) is 1. The Kier molecular flexibility index (Phi) is 8.98. The van der Waals surface area contributed by atoms with Crippen molar-refractivity contribution < 1.29 is 17.6 Å². The Hall–Kier alpha value is -2.06. The van der Waals surface area contributed by atoms with Gasteiger partial charge in [-0.05, 0) is 48.7 Å². The first-order valence-corrected chi connectivity index (χ1v) is 12.4. The van der Waals surface area contributed by atoms with Gasteiger partial charge >= 0.3 is 0 Å². The van der Waals surface area contributed by atoms with E-state index in [1.807, 2.05) is 12.1 Å². The number of benzene rings is 2. The highest BCUT2D eigenvalue weighted by Crippen LogP contribution is 2.19. The van der Waals surface area contributed by atoms with Crippen LogP contribution in [0.5, 0.6) is 0 Å². The molecule has 0 aromatic heterocycles. The van der Waals surface area contributed by atoms with E-state index in [0.717, 1.165) is 17.8 Å². The molecule has 0 radical (unpaired) electrons. The number of anilines is 1. The van der Waals surface area contributed by atoms with Crippen LogP contribution in [-0.2, 0) is 20.6 Å². The molecule has 0 unspecified atom stereocenters. The smallest absolute Gasteiger partial charge is 0.232 e. The van der Waals surface area contributed by atoms with Crippen LogP contribution in [-0.4, -0.2) is 39.4 Å². The van der Waals surface area contributed by atoms with E-state index < -0.39 is 15.8 Å². The van der Waals surface area contributed by atoms with Gasteiger partial charge in [0.25, 0.3) is 0 Å². The number of hydrogen-bond acceptors (Lipinski definition) is 4. The van der Waals surface area contributed by atoms with Crippen molar-refractivity contribution in [1.82, 2.24) is 5.32 Å². The van der Waals surface area contributed by atoms with Crippen molar-refractivity contribution in [3.05, 3.63) is 65.5 Å². The van der Waals surface area contributed by atoms with Gasteiger partial charge in [0.1, 0.15) is 5.82 Å².